The summed E-state index contributed by atoms with van der Waals surface area (Å²) in [6, 6.07) is 0. The van der Waals surface area contributed by atoms with Crippen LogP contribution in [0.3, 0.4) is 0 Å². The third kappa shape index (κ3) is 3.41. The Kier molecular flexibility index (Phi) is 4.38. The lowest BCUT2D eigenvalue weighted by atomic mass is 9.77. The molecule has 2 aliphatic rings. The molecule has 1 aliphatic heterocycles. The van der Waals surface area contributed by atoms with Gasteiger partial charge >= 0.3 is 6.18 Å². The number of hydrogen-bond donors (Lipinski definition) is 1. The molecule has 2 fully saturated rings. The number of carbonyl (C=O) groups is 1. The second-order valence-corrected chi connectivity index (χ2v) is 5.62. The van der Waals surface area contributed by atoms with Gasteiger partial charge in [-0.15, -0.1) is 0 Å². The number of rotatable bonds is 1. The molecule has 0 radical (unpaired) electrons. The Morgan fingerprint density at radius 3 is 2.42 bits per heavy atom. The van der Waals surface area contributed by atoms with Crippen LogP contribution < -0.4 is 0 Å². The van der Waals surface area contributed by atoms with E-state index in [1.165, 1.54) is 4.90 Å². The molecule has 0 spiro atoms. The first-order valence-corrected chi connectivity index (χ1v) is 6.93. The van der Waals surface area contributed by atoms with Gasteiger partial charge in [0.1, 0.15) is 0 Å². The van der Waals surface area contributed by atoms with Crippen molar-refractivity contribution in [2.75, 3.05) is 13.1 Å². The van der Waals surface area contributed by atoms with Crippen LogP contribution in [0.4, 0.5) is 13.2 Å². The number of amides is 1. The van der Waals surface area contributed by atoms with Gasteiger partial charge in [0, 0.05) is 19.0 Å². The highest BCUT2D eigenvalue weighted by Gasteiger charge is 2.49. The number of carbonyl (C=O) groups excluding carboxylic acids is 1. The van der Waals surface area contributed by atoms with Crippen LogP contribution in [0.2, 0.25) is 0 Å². The third-order valence-electron chi connectivity index (χ3n) is 4.21. The van der Waals surface area contributed by atoms with Crippen molar-refractivity contribution in [1.82, 2.24) is 4.90 Å². The van der Waals surface area contributed by atoms with Crippen molar-refractivity contribution in [3.8, 4) is 0 Å². The summed E-state index contributed by atoms with van der Waals surface area (Å²) >= 11 is 0. The number of hydrogen-bond acceptors (Lipinski definition) is 2. The minimum atomic E-state index is -4.30. The third-order valence-corrected chi connectivity index (χ3v) is 4.21. The van der Waals surface area contributed by atoms with E-state index in [1.807, 2.05) is 0 Å². The molecule has 0 aromatic carbocycles. The van der Waals surface area contributed by atoms with E-state index in [1.54, 1.807) is 0 Å². The number of likely N-dealkylation sites (tertiary alicyclic amines) is 1. The molecular weight excluding hydrogens is 259 g/mol. The fourth-order valence-corrected chi connectivity index (χ4v) is 3.21. The fourth-order valence-electron chi connectivity index (χ4n) is 3.21. The molecule has 3 unspecified atom stereocenters. The number of halogens is 3. The Hall–Kier alpha value is -0.780. The normalized spacial score (nSPS) is 33.3. The number of piperidine rings is 1. The van der Waals surface area contributed by atoms with Gasteiger partial charge in [0.2, 0.25) is 5.91 Å². The highest BCUT2D eigenvalue weighted by Crippen LogP contribution is 2.42. The summed E-state index contributed by atoms with van der Waals surface area (Å²) in [6.45, 7) is 0.650. The van der Waals surface area contributed by atoms with Gasteiger partial charge < -0.3 is 10.0 Å². The largest absolute Gasteiger partial charge is 0.392 e. The average molecular weight is 279 g/mol. The quantitative estimate of drug-likeness (QED) is 0.800. The molecule has 0 bridgehead atoms. The van der Waals surface area contributed by atoms with E-state index < -0.39 is 30.0 Å². The lowest BCUT2D eigenvalue weighted by Gasteiger charge is -2.38. The van der Waals surface area contributed by atoms with E-state index in [0.29, 0.717) is 38.6 Å². The van der Waals surface area contributed by atoms with Crippen LogP contribution >= 0.6 is 0 Å². The Bertz CT molecular complexity index is 332. The van der Waals surface area contributed by atoms with Crippen LogP contribution in [-0.2, 0) is 4.79 Å². The first-order chi connectivity index (χ1) is 8.89. The smallest absolute Gasteiger partial charge is 0.391 e. The van der Waals surface area contributed by atoms with Crippen molar-refractivity contribution in [2.45, 2.75) is 50.8 Å². The van der Waals surface area contributed by atoms with Gasteiger partial charge in [0.05, 0.1) is 12.0 Å². The van der Waals surface area contributed by atoms with E-state index in [0.717, 1.165) is 0 Å². The van der Waals surface area contributed by atoms with E-state index in [-0.39, 0.29) is 13.0 Å². The van der Waals surface area contributed by atoms with Gasteiger partial charge in [-0.1, -0.05) is 12.8 Å². The maximum absolute atomic E-state index is 13.0. The van der Waals surface area contributed by atoms with E-state index in [9.17, 15) is 23.1 Å². The molecule has 110 valence electrons. The zero-order valence-corrected chi connectivity index (χ0v) is 10.8. The van der Waals surface area contributed by atoms with Crippen molar-refractivity contribution in [1.29, 1.82) is 0 Å². The molecule has 1 heterocycles. The minimum absolute atomic E-state index is 0.0519. The predicted molar refractivity (Wildman–Crippen MR) is 63.3 cm³/mol. The van der Waals surface area contributed by atoms with Gasteiger partial charge in [0.15, 0.2) is 0 Å². The highest BCUT2D eigenvalue weighted by molar-refractivity contribution is 5.79. The van der Waals surface area contributed by atoms with Crippen LogP contribution in [0.5, 0.6) is 0 Å². The van der Waals surface area contributed by atoms with Crippen LogP contribution in [0.1, 0.15) is 38.5 Å². The molecule has 1 aliphatic carbocycles. The van der Waals surface area contributed by atoms with Crippen LogP contribution in [-0.4, -0.2) is 41.3 Å². The summed E-state index contributed by atoms with van der Waals surface area (Å²) in [5.74, 6) is -2.87. The molecular formula is C13H20F3NO2. The number of aliphatic hydroxyl groups is 1. The summed E-state index contributed by atoms with van der Waals surface area (Å²) in [5, 5.41) is 9.54. The van der Waals surface area contributed by atoms with Crippen molar-refractivity contribution in [3.63, 3.8) is 0 Å². The summed E-state index contributed by atoms with van der Waals surface area (Å²) in [4.78, 5) is 13.7. The predicted octanol–water partition coefficient (Wildman–Crippen LogP) is 2.34. The number of alkyl halides is 3. The van der Waals surface area contributed by atoms with Crippen LogP contribution in [0, 0.1) is 11.8 Å². The molecule has 1 saturated carbocycles. The van der Waals surface area contributed by atoms with E-state index in [2.05, 4.69) is 0 Å². The van der Waals surface area contributed by atoms with Gasteiger partial charge in [-0.05, 0) is 25.7 Å². The molecule has 3 nitrogen and oxygen atoms in total. The monoisotopic (exact) mass is 279 g/mol. The van der Waals surface area contributed by atoms with Gasteiger partial charge in [-0.25, -0.2) is 0 Å². The summed E-state index contributed by atoms with van der Waals surface area (Å²) in [5.41, 5.74) is 0. The molecule has 2 rings (SSSR count). The molecule has 1 saturated heterocycles. The Morgan fingerprint density at radius 1 is 1.11 bits per heavy atom. The van der Waals surface area contributed by atoms with Crippen molar-refractivity contribution >= 4 is 5.91 Å². The van der Waals surface area contributed by atoms with Crippen molar-refractivity contribution in [2.24, 2.45) is 11.8 Å². The zero-order valence-electron chi connectivity index (χ0n) is 10.8. The maximum Gasteiger partial charge on any atom is 0.392 e. The van der Waals surface area contributed by atoms with Crippen molar-refractivity contribution in [3.05, 3.63) is 0 Å². The minimum Gasteiger partial charge on any atom is -0.391 e. The molecule has 0 aromatic rings. The molecule has 6 heteroatoms. The average Bonchev–Trinajstić information content (AvgIpc) is 2.37. The second kappa shape index (κ2) is 5.69. The molecule has 1 N–H and O–H groups in total. The van der Waals surface area contributed by atoms with E-state index >= 15 is 0 Å². The van der Waals surface area contributed by atoms with Crippen LogP contribution in [0.15, 0.2) is 0 Å². The summed E-state index contributed by atoms with van der Waals surface area (Å²) in [6.07, 6.45) is -2.02. The topological polar surface area (TPSA) is 40.5 Å². The molecule has 3 atom stereocenters. The first-order valence-electron chi connectivity index (χ1n) is 6.93. The van der Waals surface area contributed by atoms with E-state index in [4.69, 9.17) is 0 Å². The first kappa shape index (κ1) is 14.6. The van der Waals surface area contributed by atoms with Gasteiger partial charge in [-0.2, -0.15) is 13.2 Å². The molecule has 19 heavy (non-hydrogen) atoms. The van der Waals surface area contributed by atoms with Crippen molar-refractivity contribution < 1.29 is 23.1 Å². The maximum atomic E-state index is 13.0. The van der Waals surface area contributed by atoms with Gasteiger partial charge in [0.25, 0.3) is 0 Å². The number of β-amino-alcohol motifs (C(OH)–C–C–N with tert-alkyl or cyclic N) is 1. The lowest BCUT2D eigenvalue weighted by Crippen LogP contribution is -2.49. The standard InChI is InChI=1S/C13H20F3NO2/c14-13(15,16)11-6-2-1-5-10(11)12(19)17-7-3-4-9(18)8-17/h9-11,18H,1-8H2. The summed E-state index contributed by atoms with van der Waals surface area (Å²) < 4.78 is 38.9. The fraction of sp³-hybridized carbons (Fsp3) is 0.923. The SMILES string of the molecule is O=C(C1CCCCC1C(F)(F)F)N1CCCC(O)C1. The second-order valence-electron chi connectivity index (χ2n) is 5.62. The number of aliphatic hydroxyl groups excluding tert-OH is 1. The zero-order chi connectivity index (χ0) is 14.0. The Labute approximate surface area is 110 Å². The number of nitrogens with zero attached hydrogens (tertiary/aromatic N) is 1. The molecule has 1 amide bonds. The van der Waals surface area contributed by atoms with Crippen LogP contribution in [0.25, 0.3) is 0 Å². The Morgan fingerprint density at radius 2 is 1.79 bits per heavy atom. The molecule has 0 aromatic heterocycles. The van der Waals surface area contributed by atoms with Gasteiger partial charge in [-0.3, -0.25) is 4.79 Å². The summed E-state index contributed by atoms with van der Waals surface area (Å²) in [7, 11) is 0. The highest BCUT2D eigenvalue weighted by atomic mass is 19.4. The lowest BCUT2D eigenvalue weighted by molar-refractivity contribution is -0.201. The Balaban J connectivity index is 2.07.